The van der Waals surface area contributed by atoms with Crippen molar-refractivity contribution in [3.63, 3.8) is 0 Å². The molecule has 2 atom stereocenters. The number of likely N-dealkylation sites (N-methyl/N-ethyl adjacent to an activating group) is 1. The standard InChI is InChI=1S/C24H35N3O4.C3H8/c1-7-31-23(30)16(2)12-13-27(6)22(29)20(24(3,4)5)26-21(28)19-14-17-10-8-9-11-18(17)15-25-19;1-3-2/h8-12,19-20,25H,7,13-15H2,1-6H3,(H,26,28);3H2,1-2H3/b16-12+;. The Hall–Kier alpha value is -2.67. The van der Waals surface area contributed by atoms with Crippen molar-refractivity contribution in [2.45, 2.75) is 79.9 Å². The number of nitrogens with zero attached hydrogens (tertiary/aromatic N) is 1. The monoisotopic (exact) mass is 473 g/mol. The fourth-order valence-corrected chi connectivity index (χ4v) is 3.44. The van der Waals surface area contributed by atoms with Crippen LogP contribution in [0.15, 0.2) is 35.9 Å². The number of ether oxygens (including phenoxy) is 1. The molecule has 0 saturated heterocycles. The number of esters is 1. The van der Waals surface area contributed by atoms with E-state index in [-0.39, 0.29) is 24.4 Å². The summed E-state index contributed by atoms with van der Waals surface area (Å²) in [5.41, 5.74) is 2.31. The normalized spacial score (nSPS) is 16.4. The lowest BCUT2D eigenvalue weighted by atomic mass is 9.85. The van der Waals surface area contributed by atoms with Gasteiger partial charge in [-0.2, -0.15) is 0 Å². The van der Waals surface area contributed by atoms with E-state index in [9.17, 15) is 14.4 Å². The van der Waals surface area contributed by atoms with Crippen LogP contribution in [0.4, 0.5) is 0 Å². The summed E-state index contributed by atoms with van der Waals surface area (Å²) in [4.78, 5) is 39.4. The molecule has 0 saturated carbocycles. The lowest BCUT2D eigenvalue weighted by Gasteiger charge is -2.35. The summed E-state index contributed by atoms with van der Waals surface area (Å²) < 4.78 is 4.97. The molecule has 0 fully saturated rings. The summed E-state index contributed by atoms with van der Waals surface area (Å²) in [7, 11) is 1.66. The molecule has 2 amide bonds. The molecule has 7 nitrogen and oxygen atoms in total. The number of amides is 2. The minimum atomic E-state index is -0.694. The highest BCUT2D eigenvalue weighted by Crippen LogP contribution is 2.22. The first-order valence-electron chi connectivity index (χ1n) is 12.2. The molecule has 2 N–H and O–H groups in total. The largest absolute Gasteiger partial charge is 0.463 e. The predicted molar refractivity (Wildman–Crippen MR) is 136 cm³/mol. The number of carbonyl (C=O) groups excluding carboxylic acids is 3. The molecule has 0 aromatic heterocycles. The van der Waals surface area contributed by atoms with Crippen LogP contribution in [0.25, 0.3) is 0 Å². The summed E-state index contributed by atoms with van der Waals surface area (Å²) in [5, 5.41) is 6.23. The molecule has 0 radical (unpaired) electrons. The van der Waals surface area contributed by atoms with Crippen LogP contribution in [0.3, 0.4) is 0 Å². The Labute approximate surface area is 205 Å². The summed E-state index contributed by atoms with van der Waals surface area (Å²) in [6, 6.07) is 6.97. The van der Waals surface area contributed by atoms with E-state index in [1.165, 1.54) is 16.9 Å². The molecule has 0 bridgehead atoms. The number of hydrogen-bond donors (Lipinski definition) is 2. The average molecular weight is 474 g/mol. The summed E-state index contributed by atoms with van der Waals surface area (Å²) >= 11 is 0. The van der Waals surface area contributed by atoms with E-state index >= 15 is 0 Å². The van der Waals surface area contributed by atoms with Gasteiger partial charge in [0.2, 0.25) is 11.8 Å². The predicted octanol–water partition coefficient (Wildman–Crippen LogP) is 3.62. The molecule has 2 unspecified atom stereocenters. The van der Waals surface area contributed by atoms with Crippen molar-refractivity contribution in [2.24, 2.45) is 5.41 Å². The van der Waals surface area contributed by atoms with E-state index in [4.69, 9.17) is 4.74 Å². The Morgan fingerprint density at radius 1 is 1.18 bits per heavy atom. The quantitative estimate of drug-likeness (QED) is 0.467. The van der Waals surface area contributed by atoms with Crippen LogP contribution in [0.1, 0.15) is 66.0 Å². The molecule has 34 heavy (non-hydrogen) atoms. The van der Waals surface area contributed by atoms with Gasteiger partial charge < -0.3 is 20.3 Å². The van der Waals surface area contributed by atoms with Crippen LogP contribution in [0.5, 0.6) is 0 Å². The molecule has 0 aliphatic carbocycles. The van der Waals surface area contributed by atoms with Gasteiger partial charge in [0.25, 0.3) is 0 Å². The van der Waals surface area contributed by atoms with Gasteiger partial charge in [0.05, 0.1) is 12.6 Å². The number of benzene rings is 1. The first kappa shape index (κ1) is 29.4. The second-order valence-electron chi connectivity index (χ2n) is 9.75. The summed E-state index contributed by atoms with van der Waals surface area (Å²) in [5.74, 6) is -0.785. The van der Waals surface area contributed by atoms with Crippen molar-refractivity contribution in [3.8, 4) is 0 Å². The van der Waals surface area contributed by atoms with Gasteiger partial charge in [0.15, 0.2) is 0 Å². The Morgan fingerprint density at radius 2 is 1.76 bits per heavy atom. The van der Waals surface area contributed by atoms with Crippen LogP contribution < -0.4 is 10.6 Å². The van der Waals surface area contributed by atoms with Gasteiger partial charge in [-0.25, -0.2) is 4.79 Å². The third kappa shape index (κ3) is 8.93. The topological polar surface area (TPSA) is 87.7 Å². The van der Waals surface area contributed by atoms with Gasteiger partial charge >= 0.3 is 5.97 Å². The first-order valence-corrected chi connectivity index (χ1v) is 12.2. The summed E-state index contributed by atoms with van der Waals surface area (Å²) in [6.07, 6.45) is 3.50. The molecule has 7 heteroatoms. The fourth-order valence-electron chi connectivity index (χ4n) is 3.44. The maximum Gasteiger partial charge on any atom is 0.333 e. The van der Waals surface area contributed by atoms with Gasteiger partial charge in [-0.3, -0.25) is 9.59 Å². The van der Waals surface area contributed by atoms with Gasteiger partial charge in [0.1, 0.15) is 6.04 Å². The second kappa shape index (κ2) is 13.9. The maximum atomic E-state index is 13.2. The highest BCUT2D eigenvalue weighted by molar-refractivity contribution is 5.91. The van der Waals surface area contributed by atoms with E-state index < -0.39 is 17.4 Å². The molecular formula is C27H43N3O4. The minimum absolute atomic E-state index is 0.186. The van der Waals surface area contributed by atoms with E-state index in [2.05, 4.69) is 30.5 Å². The lowest BCUT2D eigenvalue weighted by Crippen LogP contribution is -2.58. The third-order valence-electron chi connectivity index (χ3n) is 5.44. The van der Waals surface area contributed by atoms with Crippen LogP contribution in [0.2, 0.25) is 0 Å². The van der Waals surface area contributed by atoms with Gasteiger partial charge in [0, 0.05) is 25.7 Å². The van der Waals surface area contributed by atoms with Crippen molar-refractivity contribution in [3.05, 3.63) is 47.0 Å². The molecule has 1 aromatic rings. The number of carbonyl (C=O) groups is 3. The highest BCUT2D eigenvalue weighted by Gasteiger charge is 2.36. The van der Waals surface area contributed by atoms with Crippen LogP contribution >= 0.6 is 0 Å². The van der Waals surface area contributed by atoms with Crippen molar-refractivity contribution in [2.75, 3.05) is 20.2 Å². The smallest absolute Gasteiger partial charge is 0.333 e. The van der Waals surface area contributed by atoms with Gasteiger partial charge in [-0.1, -0.05) is 71.4 Å². The van der Waals surface area contributed by atoms with Crippen LogP contribution in [-0.2, 0) is 32.1 Å². The summed E-state index contributed by atoms with van der Waals surface area (Å²) in [6.45, 7) is 14.6. The number of fused-ring (bicyclic) bond motifs is 1. The fraction of sp³-hybridized carbons (Fsp3) is 0.593. The Bertz CT molecular complexity index is 858. The molecule has 1 aliphatic rings. The molecule has 1 heterocycles. The Balaban J connectivity index is 0.00000182. The zero-order valence-corrected chi connectivity index (χ0v) is 22.2. The van der Waals surface area contributed by atoms with Crippen LogP contribution in [-0.4, -0.2) is 55.0 Å². The third-order valence-corrected chi connectivity index (χ3v) is 5.44. The van der Waals surface area contributed by atoms with Crippen molar-refractivity contribution < 1.29 is 19.1 Å². The number of nitrogens with one attached hydrogen (secondary N) is 2. The molecule has 1 aromatic carbocycles. The highest BCUT2D eigenvalue weighted by atomic mass is 16.5. The molecule has 2 rings (SSSR count). The zero-order valence-electron chi connectivity index (χ0n) is 22.2. The average Bonchev–Trinajstić information content (AvgIpc) is 2.79. The molecule has 0 spiro atoms. The van der Waals surface area contributed by atoms with Crippen molar-refractivity contribution in [1.29, 1.82) is 0 Å². The zero-order chi connectivity index (χ0) is 25.9. The Kier molecular flexibility index (Phi) is 12.0. The first-order chi connectivity index (χ1) is 16.0. The number of rotatable bonds is 7. The Morgan fingerprint density at radius 3 is 2.32 bits per heavy atom. The maximum absolute atomic E-state index is 13.2. The number of hydrogen-bond acceptors (Lipinski definition) is 5. The van der Waals surface area contributed by atoms with E-state index in [1.54, 1.807) is 27.0 Å². The van der Waals surface area contributed by atoms with E-state index in [0.29, 0.717) is 25.1 Å². The second-order valence-corrected chi connectivity index (χ2v) is 9.75. The van der Waals surface area contributed by atoms with Crippen molar-refractivity contribution in [1.82, 2.24) is 15.5 Å². The minimum Gasteiger partial charge on any atom is -0.463 e. The lowest BCUT2D eigenvalue weighted by molar-refractivity contribution is -0.139. The van der Waals surface area contributed by atoms with Gasteiger partial charge in [-0.15, -0.1) is 0 Å². The van der Waals surface area contributed by atoms with Crippen molar-refractivity contribution >= 4 is 17.8 Å². The van der Waals surface area contributed by atoms with E-state index in [0.717, 1.165) is 5.56 Å². The molecule has 1 aliphatic heterocycles. The van der Waals surface area contributed by atoms with E-state index in [1.807, 2.05) is 39.0 Å². The molecular weight excluding hydrogens is 430 g/mol. The van der Waals surface area contributed by atoms with Crippen LogP contribution in [0, 0.1) is 5.41 Å². The molecule has 190 valence electrons. The SMILES string of the molecule is CCC.CCOC(=O)/C(C)=C/CN(C)C(=O)C(NC(=O)C1Cc2ccccc2CN1)C(C)(C)C. The van der Waals surface area contributed by atoms with Gasteiger partial charge in [-0.05, 0) is 36.8 Å².